The molecule has 0 amide bonds. The SMILES string of the molecule is CC1CCCC(NC(C)C2CCCO2)CC1. The van der Waals surface area contributed by atoms with Crippen LogP contribution in [0.1, 0.15) is 58.8 Å². The third kappa shape index (κ3) is 3.46. The molecule has 1 saturated heterocycles. The van der Waals surface area contributed by atoms with E-state index in [1.54, 1.807) is 0 Å². The molecule has 2 rings (SSSR count). The van der Waals surface area contributed by atoms with Crippen molar-refractivity contribution in [3.63, 3.8) is 0 Å². The van der Waals surface area contributed by atoms with Crippen LogP contribution in [-0.4, -0.2) is 24.8 Å². The number of hydrogen-bond donors (Lipinski definition) is 1. The Bertz CT molecular complexity index is 201. The third-order valence-electron chi connectivity index (χ3n) is 4.28. The van der Waals surface area contributed by atoms with Crippen LogP contribution in [0.4, 0.5) is 0 Å². The summed E-state index contributed by atoms with van der Waals surface area (Å²) in [6.07, 6.45) is 9.91. The first-order valence-corrected chi connectivity index (χ1v) is 7.13. The maximum Gasteiger partial charge on any atom is 0.0726 e. The van der Waals surface area contributed by atoms with Gasteiger partial charge in [0.15, 0.2) is 0 Å². The fourth-order valence-electron chi connectivity index (χ4n) is 3.13. The summed E-state index contributed by atoms with van der Waals surface area (Å²) in [7, 11) is 0. The van der Waals surface area contributed by atoms with Crippen LogP contribution in [0, 0.1) is 5.92 Å². The second-order valence-corrected chi connectivity index (χ2v) is 5.82. The van der Waals surface area contributed by atoms with Crippen molar-refractivity contribution in [2.45, 2.75) is 77.0 Å². The van der Waals surface area contributed by atoms with Crippen LogP contribution in [0.2, 0.25) is 0 Å². The van der Waals surface area contributed by atoms with Gasteiger partial charge in [0.2, 0.25) is 0 Å². The fourth-order valence-corrected chi connectivity index (χ4v) is 3.13. The van der Waals surface area contributed by atoms with E-state index in [-0.39, 0.29) is 0 Å². The maximum atomic E-state index is 5.75. The predicted molar refractivity (Wildman–Crippen MR) is 67.6 cm³/mol. The van der Waals surface area contributed by atoms with Crippen LogP contribution in [0.3, 0.4) is 0 Å². The lowest BCUT2D eigenvalue weighted by atomic mass is 10.0. The highest BCUT2D eigenvalue weighted by molar-refractivity contribution is 4.82. The number of ether oxygens (including phenoxy) is 1. The molecule has 0 aromatic rings. The summed E-state index contributed by atoms with van der Waals surface area (Å²) in [6, 6.07) is 1.28. The van der Waals surface area contributed by atoms with Crippen LogP contribution in [0.15, 0.2) is 0 Å². The van der Waals surface area contributed by atoms with Crippen LogP contribution in [0.5, 0.6) is 0 Å². The highest BCUT2D eigenvalue weighted by Gasteiger charge is 2.25. The molecule has 0 aromatic heterocycles. The number of rotatable bonds is 3. The molecule has 1 heterocycles. The van der Waals surface area contributed by atoms with Crippen molar-refractivity contribution >= 4 is 0 Å². The molecule has 2 nitrogen and oxygen atoms in total. The molecule has 0 radical (unpaired) electrons. The average molecular weight is 225 g/mol. The van der Waals surface area contributed by atoms with Gasteiger partial charge in [-0.1, -0.05) is 19.8 Å². The summed E-state index contributed by atoms with van der Waals surface area (Å²) in [5.74, 6) is 0.935. The van der Waals surface area contributed by atoms with Crippen LogP contribution < -0.4 is 5.32 Å². The van der Waals surface area contributed by atoms with E-state index in [1.165, 1.54) is 44.9 Å². The molecule has 1 saturated carbocycles. The molecular formula is C14H27NO. The van der Waals surface area contributed by atoms with E-state index in [2.05, 4.69) is 19.2 Å². The molecule has 0 aromatic carbocycles. The van der Waals surface area contributed by atoms with Crippen molar-refractivity contribution in [2.75, 3.05) is 6.61 Å². The summed E-state index contributed by atoms with van der Waals surface area (Å²) in [5, 5.41) is 3.80. The van der Waals surface area contributed by atoms with Gasteiger partial charge in [0, 0.05) is 18.7 Å². The van der Waals surface area contributed by atoms with Crippen molar-refractivity contribution in [3.05, 3.63) is 0 Å². The van der Waals surface area contributed by atoms with Crippen LogP contribution in [-0.2, 0) is 4.74 Å². The Labute approximate surface area is 100 Å². The monoisotopic (exact) mass is 225 g/mol. The lowest BCUT2D eigenvalue weighted by Crippen LogP contribution is -2.43. The molecule has 1 aliphatic heterocycles. The van der Waals surface area contributed by atoms with E-state index in [0.717, 1.165) is 18.6 Å². The zero-order valence-electron chi connectivity index (χ0n) is 10.9. The second kappa shape index (κ2) is 6.02. The Morgan fingerprint density at radius 1 is 1.06 bits per heavy atom. The first-order chi connectivity index (χ1) is 7.75. The maximum absolute atomic E-state index is 5.75. The molecule has 2 aliphatic rings. The largest absolute Gasteiger partial charge is 0.377 e. The standard InChI is InChI=1S/C14H27NO/c1-11-5-3-6-13(9-8-11)15-12(2)14-7-4-10-16-14/h11-15H,3-10H2,1-2H3. The first kappa shape index (κ1) is 12.4. The Balaban J connectivity index is 1.74. The first-order valence-electron chi connectivity index (χ1n) is 7.13. The lowest BCUT2D eigenvalue weighted by molar-refractivity contribution is 0.0788. The summed E-state index contributed by atoms with van der Waals surface area (Å²) in [5.41, 5.74) is 0. The van der Waals surface area contributed by atoms with E-state index in [9.17, 15) is 0 Å². The van der Waals surface area contributed by atoms with Gasteiger partial charge >= 0.3 is 0 Å². The zero-order chi connectivity index (χ0) is 11.4. The minimum absolute atomic E-state index is 0.473. The van der Waals surface area contributed by atoms with Crippen molar-refractivity contribution in [3.8, 4) is 0 Å². The fraction of sp³-hybridized carbons (Fsp3) is 1.00. The molecule has 1 aliphatic carbocycles. The highest BCUT2D eigenvalue weighted by Crippen LogP contribution is 2.24. The smallest absolute Gasteiger partial charge is 0.0726 e. The molecule has 2 heteroatoms. The Hall–Kier alpha value is -0.0800. The Kier molecular flexibility index (Phi) is 4.66. The predicted octanol–water partition coefficient (Wildman–Crippen LogP) is 3.11. The molecule has 4 atom stereocenters. The quantitative estimate of drug-likeness (QED) is 0.745. The van der Waals surface area contributed by atoms with Crippen molar-refractivity contribution < 1.29 is 4.74 Å². The lowest BCUT2D eigenvalue weighted by Gasteiger charge is -2.26. The molecule has 2 fully saturated rings. The van der Waals surface area contributed by atoms with E-state index >= 15 is 0 Å². The molecular weight excluding hydrogens is 198 g/mol. The molecule has 1 N–H and O–H groups in total. The molecule has 94 valence electrons. The van der Waals surface area contributed by atoms with Gasteiger partial charge in [-0.05, 0) is 44.9 Å². The van der Waals surface area contributed by atoms with Gasteiger partial charge in [-0.3, -0.25) is 0 Å². The highest BCUT2D eigenvalue weighted by atomic mass is 16.5. The van der Waals surface area contributed by atoms with E-state index in [0.29, 0.717) is 12.1 Å². The Morgan fingerprint density at radius 3 is 2.69 bits per heavy atom. The van der Waals surface area contributed by atoms with Crippen LogP contribution in [0.25, 0.3) is 0 Å². The van der Waals surface area contributed by atoms with E-state index in [4.69, 9.17) is 4.74 Å². The number of nitrogens with one attached hydrogen (secondary N) is 1. The minimum atomic E-state index is 0.473. The average Bonchev–Trinajstić information content (AvgIpc) is 2.72. The third-order valence-corrected chi connectivity index (χ3v) is 4.28. The van der Waals surface area contributed by atoms with Gasteiger partial charge < -0.3 is 10.1 Å². The molecule has 0 bridgehead atoms. The van der Waals surface area contributed by atoms with E-state index < -0.39 is 0 Å². The summed E-state index contributed by atoms with van der Waals surface area (Å²) >= 11 is 0. The molecule has 16 heavy (non-hydrogen) atoms. The van der Waals surface area contributed by atoms with E-state index in [1.807, 2.05) is 0 Å². The minimum Gasteiger partial charge on any atom is -0.377 e. The Morgan fingerprint density at radius 2 is 1.94 bits per heavy atom. The van der Waals surface area contributed by atoms with Gasteiger partial charge in [-0.15, -0.1) is 0 Å². The van der Waals surface area contributed by atoms with Crippen molar-refractivity contribution in [1.29, 1.82) is 0 Å². The zero-order valence-corrected chi connectivity index (χ0v) is 10.9. The van der Waals surface area contributed by atoms with Gasteiger partial charge in [0.25, 0.3) is 0 Å². The van der Waals surface area contributed by atoms with Gasteiger partial charge in [-0.2, -0.15) is 0 Å². The van der Waals surface area contributed by atoms with Crippen molar-refractivity contribution in [1.82, 2.24) is 5.32 Å². The second-order valence-electron chi connectivity index (χ2n) is 5.82. The normalized spacial score (nSPS) is 38.2. The number of hydrogen-bond acceptors (Lipinski definition) is 2. The molecule has 4 unspecified atom stereocenters. The molecule has 0 spiro atoms. The topological polar surface area (TPSA) is 21.3 Å². The van der Waals surface area contributed by atoms with Gasteiger partial charge in [0.05, 0.1) is 6.10 Å². The summed E-state index contributed by atoms with van der Waals surface area (Å²) in [6.45, 7) is 5.66. The van der Waals surface area contributed by atoms with Gasteiger partial charge in [0.1, 0.15) is 0 Å². The van der Waals surface area contributed by atoms with Gasteiger partial charge in [-0.25, -0.2) is 0 Å². The van der Waals surface area contributed by atoms with Crippen molar-refractivity contribution in [2.24, 2.45) is 5.92 Å². The summed E-state index contributed by atoms with van der Waals surface area (Å²) < 4.78 is 5.75. The summed E-state index contributed by atoms with van der Waals surface area (Å²) in [4.78, 5) is 0. The van der Waals surface area contributed by atoms with Crippen LogP contribution >= 0.6 is 0 Å².